The minimum absolute atomic E-state index is 0.196. The molecule has 2 heterocycles. The topological polar surface area (TPSA) is 41.1 Å². The third-order valence-electron chi connectivity index (χ3n) is 3.62. The lowest BCUT2D eigenvalue weighted by Crippen LogP contribution is -2.47. The molecule has 1 aromatic heterocycles. The minimum Gasteiger partial charge on any atom is -0.355 e. The van der Waals surface area contributed by atoms with Crippen LogP contribution in [0.5, 0.6) is 0 Å². The van der Waals surface area contributed by atoms with Gasteiger partial charge in [-0.15, -0.1) is 11.3 Å². The smallest absolute Gasteiger partial charge is 0.220 e. The van der Waals surface area contributed by atoms with Crippen molar-refractivity contribution in [1.82, 2.24) is 10.6 Å². The molecule has 0 bridgehead atoms. The molecule has 17 heavy (non-hydrogen) atoms. The predicted molar refractivity (Wildman–Crippen MR) is 69.0 cm³/mol. The highest BCUT2D eigenvalue weighted by atomic mass is 32.1. The Morgan fingerprint density at radius 2 is 2.29 bits per heavy atom. The maximum absolute atomic E-state index is 11.1. The number of carbonyl (C=O) groups excluding carboxylic acids is 1. The van der Waals surface area contributed by atoms with Crippen LogP contribution in [0.2, 0.25) is 0 Å². The van der Waals surface area contributed by atoms with Crippen LogP contribution in [0.1, 0.15) is 36.6 Å². The summed E-state index contributed by atoms with van der Waals surface area (Å²) in [6, 6.07) is 5.30. The Balaban J connectivity index is 1.63. The summed E-state index contributed by atoms with van der Waals surface area (Å²) in [6.07, 6.45) is 4.32. The molecule has 1 aliphatic heterocycles. The summed E-state index contributed by atoms with van der Waals surface area (Å²) in [4.78, 5) is 12.6. The van der Waals surface area contributed by atoms with Crippen molar-refractivity contribution in [3.8, 4) is 0 Å². The van der Waals surface area contributed by atoms with Gasteiger partial charge in [-0.05, 0) is 36.6 Å². The third-order valence-corrected chi connectivity index (χ3v) is 4.58. The van der Waals surface area contributed by atoms with Crippen LogP contribution in [-0.4, -0.2) is 18.5 Å². The van der Waals surface area contributed by atoms with Crippen molar-refractivity contribution in [2.75, 3.05) is 6.54 Å². The molecule has 1 aromatic rings. The molecule has 4 heteroatoms. The standard InChI is InChI=1S/C13H18N2OS/c16-12-6-5-10(8-14-12)15-13(9-3-4-9)11-2-1-7-17-11/h1-2,7,9-10,13,15H,3-6,8H2,(H,14,16). The van der Waals surface area contributed by atoms with Crippen molar-refractivity contribution in [3.63, 3.8) is 0 Å². The van der Waals surface area contributed by atoms with Crippen LogP contribution < -0.4 is 10.6 Å². The lowest BCUT2D eigenvalue weighted by Gasteiger charge is -2.28. The average Bonchev–Trinajstić information content (AvgIpc) is 3.03. The molecular weight excluding hydrogens is 232 g/mol. The number of nitrogens with one attached hydrogen (secondary N) is 2. The molecule has 92 valence electrons. The molecule has 2 unspecified atom stereocenters. The molecule has 0 aromatic carbocycles. The Kier molecular flexibility index (Phi) is 3.16. The van der Waals surface area contributed by atoms with Gasteiger partial charge in [0.1, 0.15) is 0 Å². The number of thiophene rings is 1. The highest BCUT2D eigenvalue weighted by Gasteiger charge is 2.34. The van der Waals surface area contributed by atoms with Crippen molar-refractivity contribution in [2.45, 2.75) is 37.8 Å². The quantitative estimate of drug-likeness (QED) is 0.859. The molecule has 0 spiro atoms. The van der Waals surface area contributed by atoms with E-state index in [1.807, 2.05) is 11.3 Å². The molecule has 0 radical (unpaired) electrons. The first kappa shape index (κ1) is 11.2. The maximum Gasteiger partial charge on any atom is 0.220 e. The molecule has 2 N–H and O–H groups in total. The largest absolute Gasteiger partial charge is 0.355 e. The summed E-state index contributed by atoms with van der Waals surface area (Å²) < 4.78 is 0. The number of hydrogen-bond acceptors (Lipinski definition) is 3. The number of rotatable bonds is 4. The van der Waals surface area contributed by atoms with E-state index in [4.69, 9.17) is 0 Å². The summed E-state index contributed by atoms with van der Waals surface area (Å²) >= 11 is 1.84. The molecule has 2 aliphatic rings. The fourth-order valence-corrected chi connectivity index (χ4v) is 3.36. The van der Waals surface area contributed by atoms with Gasteiger partial charge in [-0.2, -0.15) is 0 Å². The van der Waals surface area contributed by atoms with Crippen molar-refractivity contribution in [2.24, 2.45) is 5.92 Å². The Hall–Kier alpha value is -0.870. The second-order valence-corrected chi connectivity index (χ2v) is 6.02. The van der Waals surface area contributed by atoms with Gasteiger partial charge in [0, 0.05) is 29.9 Å². The molecule has 1 saturated heterocycles. The van der Waals surface area contributed by atoms with Crippen molar-refractivity contribution >= 4 is 17.2 Å². The summed E-state index contributed by atoms with van der Waals surface area (Å²) in [5.74, 6) is 1.01. The van der Waals surface area contributed by atoms with E-state index in [0.29, 0.717) is 18.5 Å². The van der Waals surface area contributed by atoms with E-state index in [-0.39, 0.29) is 5.91 Å². The van der Waals surface area contributed by atoms with E-state index in [0.717, 1.165) is 18.9 Å². The van der Waals surface area contributed by atoms with Gasteiger partial charge in [0.25, 0.3) is 0 Å². The Bertz CT molecular complexity index is 376. The Morgan fingerprint density at radius 3 is 2.88 bits per heavy atom. The van der Waals surface area contributed by atoms with E-state index >= 15 is 0 Å². The van der Waals surface area contributed by atoms with Crippen LogP contribution >= 0.6 is 11.3 Å². The molecule has 1 saturated carbocycles. The number of hydrogen-bond donors (Lipinski definition) is 2. The summed E-state index contributed by atoms with van der Waals surface area (Å²) in [5.41, 5.74) is 0. The number of carbonyl (C=O) groups is 1. The van der Waals surface area contributed by atoms with E-state index in [2.05, 4.69) is 28.1 Å². The fraction of sp³-hybridized carbons (Fsp3) is 0.615. The normalized spacial score (nSPS) is 26.6. The average molecular weight is 250 g/mol. The van der Waals surface area contributed by atoms with Crippen LogP contribution in [0.25, 0.3) is 0 Å². The maximum atomic E-state index is 11.1. The lowest BCUT2D eigenvalue weighted by atomic mass is 10.0. The Labute approximate surface area is 106 Å². The van der Waals surface area contributed by atoms with Gasteiger partial charge >= 0.3 is 0 Å². The lowest BCUT2D eigenvalue weighted by molar-refractivity contribution is -0.122. The molecule has 3 rings (SSSR count). The monoisotopic (exact) mass is 250 g/mol. The first-order chi connectivity index (χ1) is 8.33. The van der Waals surface area contributed by atoms with Crippen LogP contribution in [0, 0.1) is 5.92 Å². The zero-order valence-electron chi connectivity index (χ0n) is 9.82. The molecule has 2 atom stereocenters. The first-order valence-corrected chi connectivity index (χ1v) is 7.27. The Morgan fingerprint density at radius 1 is 1.41 bits per heavy atom. The highest BCUT2D eigenvalue weighted by molar-refractivity contribution is 7.10. The van der Waals surface area contributed by atoms with E-state index in [9.17, 15) is 4.79 Å². The van der Waals surface area contributed by atoms with Crippen LogP contribution in [0.4, 0.5) is 0 Å². The van der Waals surface area contributed by atoms with Crippen molar-refractivity contribution in [3.05, 3.63) is 22.4 Å². The minimum atomic E-state index is 0.196. The van der Waals surface area contributed by atoms with Crippen LogP contribution in [0.15, 0.2) is 17.5 Å². The van der Waals surface area contributed by atoms with Gasteiger partial charge in [-0.1, -0.05) is 6.07 Å². The van der Waals surface area contributed by atoms with Crippen LogP contribution in [0.3, 0.4) is 0 Å². The van der Waals surface area contributed by atoms with Gasteiger partial charge in [0.15, 0.2) is 0 Å². The van der Waals surface area contributed by atoms with E-state index < -0.39 is 0 Å². The predicted octanol–water partition coefficient (Wildman–Crippen LogP) is 2.07. The molecule has 3 nitrogen and oxygen atoms in total. The second-order valence-electron chi connectivity index (χ2n) is 5.04. The highest BCUT2D eigenvalue weighted by Crippen LogP contribution is 2.42. The van der Waals surface area contributed by atoms with Crippen LogP contribution in [-0.2, 0) is 4.79 Å². The van der Waals surface area contributed by atoms with Crippen molar-refractivity contribution in [1.29, 1.82) is 0 Å². The fourth-order valence-electron chi connectivity index (χ4n) is 2.48. The summed E-state index contributed by atoms with van der Waals surface area (Å²) in [6.45, 7) is 0.785. The zero-order chi connectivity index (χ0) is 11.7. The van der Waals surface area contributed by atoms with E-state index in [1.165, 1.54) is 17.7 Å². The molecule has 1 aliphatic carbocycles. The second kappa shape index (κ2) is 4.78. The molecule has 2 fully saturated rings. The van der Waals surface area contributed by atoms with Gasteiger partial charge in [0.2, 0.25) is 5.91 Å². The number of piperidine rings is 1. The number of amides is 1. The van der Waals surface area contributed by atoms with Gasteiger partial charge in [0.05, 0.1) is 0 Å². The molecule has 1 amide bonds. The van der Waals surface area contributed by atoms with E-state index in [1.54, 1.807) is 0 Å². The van der Waals surface area contributed by atoms with Gasteiger partial charge in [-0.3, -0.25) is 4.79 Å². The zero-order valence-corrected chi connectivity index (χ0v) is 10.6. The van der Waals surface area contributed by atoms with Gasteiger partial charge in [-0.25, -0.2) is 0 Å². The summed E-state index contributed by atoms with van der Waals surface area (Å²) in [7, 11) is 0. The summed E-state index contributed by atoms with van der Waals surface area (Å²) in [5, 5.41) is 8.83. The first-order valence-electron chi connectivity index (χ1n) is 6.39. The SMILES string of the molecule is O=C1CCC(NC(c2cccs2)C2CC2)CN1. The van der Waals surface area contributed by atoms with Crippen molar-refractivity contribution < 1.29 is 4.79 Å². The van der Waals surface area contributed by atoms with Gasteiger partial charge < -0.3 is 10.6 Å². The third kappa shape index (κ3) is 2.69. The molecular formula is C13H18N2OS.